The van der Waals surface area contributed by atoms with Crippen molar-refractivity contribution >= 4 is 50.3 Å². The summed E-state index contributed by atoms with van der Waals surface area (Å²) in [6.07, 6.45) is 1.63. The predicted octanol–water partition coefficient (Wildman–Crippen LogP) is 3.11. The molecule has 0 aliphatic rings. The molecule has 0 spiro atoms. The number of aromatic nitrogens is 2. The number of nitrogens with zero attached hydrogens (tertiary/aromatic N) is 3. The number of hydrogen-bond acceptors (Lipinski definition) is 6. The highest BCUT2D eigenvalue weighted by Crippen LogP contribution is 2.38. The Hall–Kier alpha value is -1.86. The number of halogens is 2. The van der Waals surface area contributed by atoms with Crippen molar-refractivity contribution in [3.05, 3.63) is 38.4 Å². The number of nitriles is 1. The Morgan fingerprint density at radius 2 is 2.14 bits per heavy atom. The molecule has 0 amide bonds. The van der Waals surface area contributed by atoms with Gasteiger partial charge >= 0.3 is 0 Å². The SMILES string of the molecule is C=CCOc1c(I)cc(Br)cc1-c1nc(N)nc(N)c1C#N. The van der Waals surface area contributed by atoms with Gasteiger partial charge in [0.1, 0.15) is 29.8 Å². The van der Waals surface area contributed by atoms with Crippen molar-refractivity contribution in [2.75, 3.05) is 18.1 Å². The van der Waals surface area contributed by atoms with E-state index in [1.165, 1.54) is 0 Å². The minimum Gasteiger partial charge on any atom is -0.488 e. The summed E-state index contributed by atoms with van der Waals surface area (Å²) in [5.41, 5.74) is 12.5. The smallest absolute Gasteiger partial charge is 0.222 e. The van der Waals surface area contributed by atoms with Crippen molar-refractivity contribution in [1.29, 1.82) is 5.26 Å². The molecule has 0 bridgehead atoms. The third-order valence-corrected chi connectivity index (χ3v) is 3.93. The summed E-state index contributed by atoms with van der Waals surface area (Å²) in [7, 11) is 0. The second kappa shape index (κ2) is 6.93. The van der Waals surface area contributed by atoms with Crippen LogP contribution in [-0.2, 0) is 0 Å². The molecule has 0 saturated heterocycles. The van der Waals surface area contributed by atoms with Crippen LogP contribution in [0.5, 0.6) is 5.75 Å². The van der Waals surface area contributed by atoms with Crippen molar-refractivity contribution in [3.8, 4) is 23.1 Å². The number of rotatable bonds is 4. The highest BCUT2D eigenvalue weighted by molar-refractivity contribution is 14.1. The molecule has 112 valence electrons. The molecule has 0 aliphatic carbocycles. The van der Waals surface area contributed by atoms with Gasteiger partial charge in [0.2, 0.25) is 5.95 Å². The van der Waals surface area contributed by atoms with E-state index in [2.05, 4.69) is 55.1 Å². The molecule has 1 aromatic heterocycles. The van der Waals surface area contributed by atoms with Gasteiger partial charge in [0.05, 0.1) is 9.26 Å². The molecule has 0 atom stereocenters. The average molecular weight is 472 g/mol. The monoisotopic (exact) mass is 471 g/mol. The summed E-state index contributed by atoms with van der Waals surface area (Å²) in [6, 6.07) is 5.70. The van der Waals surface area contributed by atoms with Gasteiger partial charge in [-0.2, -0.15) is 10.2 Å². The van der Waals surface area contributed by atoms with Gasteiger partial charge in [0, 0.05) is 10.0 Å². The first kappa shape index (κ1) is 16.5. The number of hydrogen-bond donors (Lipinski definition) is 2. The molecule has 1 heterocycles. The molecule has 22 heavy (non-hydrogen) atoms. The van der Waals surface area contributed by atoms with Crippen LogP contribution >= 0.6 is 38.5 Å². The summed E-state index contributed by atoms with van der Waals surface area (Å²) < 4.78 is 7.38. The molecule has 1 aromatic carbocycles. The van der Waals surface area contributed by atoms with Gasteiger partial charge in [-0.15, -0.1) is 0 Å². The Morgan fingerprint density at radius 1 is 1.41 bits per heavy atom. The molecule has 2 aromatic rings. The summed E-state index contributed by atoms with van der Waals surface area (Å²) in [5, 5.41) is 9.34. The maximum absolute atomic E-state index is 9.34. The molecule has 4 N–H and O–H groups in total. The van der Waals surface area contributed by atoms with E-state index in [4.69, 9.17) is 16.2 Å². The highest BCUT2D eigenvalue weighted by Gasteiger charge is 2.19. The quantitative estimate of drug-likeness (QED) is 0.523. The first-order valence-electron chi connectivity index (χ1n) is 6.04. The molecular weight excluding hydrogens is 461 g/mol. The number of anilines is 2. The zero-order chi connectivity index (χ0) is 16.3. The maximum atomic E-state index is 9.34. The number of nitrogens with two attached hydrogens (primary N) is 2. The fraction of sp³-hybridized carbons (Fsp3) is 0.0714. The Morgan fingerprint density at radius 3 is 2.77 bits per heavy atom. The van der Waals surface area contributed by atoms with Crippen LogP contribution < -0.4 is 16.2 Å². The molecule has 0 unspecified atom stereocenters. The normalized spacial score (nSPS) is 10.0. The van der Waals surface area contributed by atoms with Gasteiger partial charge in [-0.05, 0) is 34.7 Å². The lowest BCUT2D eigenvalue weighted by atomic mass is 10.1. The largest absolute Gasteiger partial charge is 0.488 e. The maximum Gasteiger partial charge on any atom is 0.222 e. The number of ether oxygens (including phenoxy) is 1. The van der Waals surface area contributed by atoms with E-state index in [1.807, 2.05) is 12.1 Å². The zero-order valence-electron chi connectivity index (χ0n) is 11.3. The van der Waals surface area contributed by atoms with Gasteiger partial charge < -0.3 is 16.2 Å². The van der Waals surface area contributed by atoms with E-state index in [0.717, 1.165) is 8.04 Å². The van der Waals surface area contributed by atoms with Gasteiger partial charge in [-0.1, -0.05) is 28.6 Å². The van der Waals surface area contributed by atoms with Crippen LogP contribution in [0.25, 0.3) is 11.3 Å². The number of benzene rings is 1. The third kappa shape index (κ3) is 3.31. The molecular formula is C14H11BrIN5O. The highest BCUT2D eigenvalue weighted by atomic mass is 127. The fourth-order valence-corrected chi connectivity index (χ4v) is 3.49. The van der Waals surface area contributed by atoms with Crippen molar-refractivity contribution in [3.63, 3.8) is 0 Å². The second-order valence-electron chi connectivity index (χ2n) is 4.17. The fourth-order valence-electron chi connectivity index (χ4n) is 1.83. The van der Waals surface area contributed by atoms with Gasteiger partial charge in [-0.3, -0.25) is 0 Å². The van der Waals surface area contributed by atoms with E-state index >= 15 is 0 Å². The minimum atomic E-state index is -0.00356. The average Bonchev–Trinajstić information content (AvgIpc) is 2.45. The van der Waals surface area contributed by atoms with Crippen LogP contribution in [0.15, 0.2) is 29.3 Å². The Kier molecular flexibility index (Phi) is 5.20. The summed E-state index contributed by atoms with van der Waals surface area (Å²) in [5.74, 6) is 0.614. The molecule has 0 aliphatic heterocycles. The second-order valence-corrected chi connectivity index (χ2v) is 6.24. The lowest BCUT2D eigenvalue weighted by Crippen LogP contribution is -2.06. The third-order valence-electron chi connectivity index (χ3n) is 2.68. The van der Waals surface area contributed by atoms with Crippen LogP contribution in [0, 0.1) is 14.9 Å². The molecule has 6 nitrogen and oxygen atoms in total. The van der Waals surface area contributed by atoms with Crippen molar-refractivity contribution < 1.29 is 4.74 Å². The van der Waals surface area contributed by atoms with Gasteiger partial charge in [0.15, 0.2) is 0 Å². The van der Waals surface area contributed by atoms with E-state index in [9.17, 15) is 5.26 Å². The molecule has 2 rings (SSSR count). The van der Waals surface area contributed by atoms with E-state index in [-0.39, 0.29) is 17.3 Å². The van der Waals surface area contributed by atoms with E-state index < -0.39 is 0 Å². The zero-order valence-corrected chi connectivity index (χ0v) is 15.1. The first-order valence-corrected chi connectivity index (χ1v) is 7.91. The molecule has 0 fully saturated rings. The van der Waals surface area contributed by atoms with Gasteiger partial charge in [-0.25, -0.2) is 4.98 Å². The van der Waals surface area contributed by atoms with E-state index in [0.29, 0.717) is 23.6 Å². The Balaban J connectivity index is 2.77. The number of nitrogen functional groups attached to an aromatic ring is 2. The lowest BCUT2D eigenvalue weighted by molar-refractivity contribution is 0.362. The lowest BCUT2D eigenvalue weighted by Gasteiger charge is -2.14. The summed E-state index contributed by atoms with van der Waals surface area (Å²) in [6.45, 7) is 3.95. The van der Waals surface area contributed by atoms with Crippen molar-refractivity contribution in [2.45, 2.75) is 0 Å². The van der Waals surface area contributed by atoms with Crippen LogP contribution in [0.1, 0.15) is 5.56 Å². The van der Waals surface area contributed by atoms with Crippen molar-refractivity contribution in [2.24, 2.45) is 0 Å². The summed E-state index contributed by atoms with van der Waals surface area (Å²) in [4.78, 5) is 7.98. The first-order chi connectivity index (χ1) is 10.5. The van der Waals surface area contributed by atoms with Gasteiger partial charge in [0.25, 0.3) is 0 Å². The van der Waals surface area contributed by atoms with Crippen LogP contribution in [0.2, 0.25) is 0 Å². The topological polar surface area (TPSA) is 111 Å². The predicted molar refractivity (Wildman–Crippen MR) is 97.1 cm³/mol. The van der Waals surface area contributed by atoms with Crippen LogP contribution in [-0.4, -0.2) is 16.6 Å². The summed E-state index contributed by atoms with van der Waals surface area (Å²) >= 11 is 5.57. The van der Waals surface area contributed by atoms with Crippen LogP contribution in [0.3, 0.4) is 0 Å². The Bertz CT molecular complexity index is 788. The molecule has 0 saturated carbocycles. The molecule has 0 radical (unpaired) electrons. The van der Waals surface area contributed by atoms with Crippen LogP contribution in [0.4, 0.5) is 11.8 Å². The Labute approximate surface area is 149 Å². The van der Waals surface area contributed by atoms with E-state index in [1.54, 1.807) is 12.1 Å². The standard InChI is InChI=1S/C14H11BrIN5O/c1-2-3-22-12-8(4-7(15)5-10(12)16)11-9(6-17)13(18)21-14(19)20-11/h2,4-5H,1,3H2,(H4,18,19,20,21). The minimum absolute atomic E-state index is 0.00356. The molecule has 8 heteroatoms. The van der Waals surface area contributed by atoms with Crippen molar-refractivity contribution in [1.82, 2.24) is 9.97 Å².